The smallest absolute Gasteiger partial charge is 0.240 e. The monoisotopic (exact) mass is 346 g/mol. The maximum atomic E-state index is 12.1. The number of thioether (sulfide) groups is 1. The van der Waals surface area contributed by atoms with Crippen molar-refractivity contribution in [3.05, 3.63) is 54.0 Å². The topological polar surface area (TPSA) is 71.8 Å². The number of carbonyl (C=O) groups is 2. The summed E-state index contributed by atoms with van der Waals surface area (Å²) >= 11 is 1.52. The van der Waals surface area contributed by atoms with Gasteiger partial charge in [0.05, 0.1) is 25.7 Å². The third-order valence-electron chi connectivity index (χ3n) is 3.72. The number of nitrogens with zero attached hydrogens (tertiary/aromatic N) is 1. The second kappa shape index (κ2) is 7.44. The van der Waals surface area contributed by atoms with Crippen LogP contribution in [0.3, 0.4) is 0 Å². The number of rotatable bonds is 6. The number of nitrogens with one attached hydrogen (secondary N) is 1. The van der Waals surface area contributed by atoms with Crippen LogP contribution in [-0.4, -0.2) is 36.1 Å². The van der Waals surface area contributed by atoms with E-state index in [1.165, 1.54) is 11.8 Å². The molecule has 1 N–H and O–H groups in total. The standard InChI is InChI=1S/C17H18N2O4S/c1-22-13-6-4-12(5-7-13)17-19(16(21)11-24-17)10-15(20)18-9-14-3-2-8-23-14/h2-8,17H,9-11H2,1H3,(H,18,20). The molecule has 1 atom stereocenters. The van der Waals surface area contributed by atoms with Crippen molar-refractivity contribution in [2.75, 3.05) is 19.4 Å². The van der Waals surface area contributed by atoms with Gasteiger partial charge in [-0.15, -0.1) is 11.8 Å². The number of amides is 2. The molecule has 1 aliphatic heterocycles. The van der Waals surface area contributed by atoms with Gasteiger partial charge in [-0.2, -0.15) is 0 Å². The Hall–Kier alpha value is -2.41. The second-order valence-corrected chi connectivity index (χ2v) is 6.38. The molecule has 1 aliphatic rings. The van der Waals surface area contributed by atoms with Gasteiger partial charge in [-0.3, -0.25) is 9.59 Å². The van der Waals surface area contributed by atoms with Crippen LogP contribution in [-0.2, 0) is 16.1 Å². The Kier molecular flexibility index (Phi) is 5.10. The fraction of sp³-hybridized carbons (Fsp3) is 0.294. The van der Waals surface area contributed by atoms with E-state index in [1.54, 1.807) is 30.4 Å². The van der Waals surface area contributed by atoms with Gasteiger partial charge in [0.15, 0.2) is 0 Å². The first kappa shape index (κ1) is 16.4. The molecule has 3 rings (SSSR count). The molecule has 0 aliphatic carbocycles. The Morgan fingerprint density at radius 3 is 2.83 bits per heavy atom. The molecule has 1 unspecified atom stereocenters. The number of methoxy groups -OCH3 is 1. The molecule has 6 nitrogen and oxygen atoms in total. The highest BCUT2D eigenvalue weighted by atomic mass is 32.2. The number of hydrogen-bond acceptors (Lipinski definition) is 5. The van der Waals surface area contributed by atoms with Crippen LogP contribution in [0, 0.1) is 0 Å². The van der Waals surface area contributed by atoms with E-state index in [2.05, 4.69) is 5.32 Å². The molecule has 2 aromatic rings. The minimum Gasteiger partial charge on any atom is -0.497 e. The summed E-state index contributed by atoms with van der Waals surface area (Å²) in [6.07, 6.45) is 1.56. The molecule has 1 saturated heterocycles. The Balaban J connectivity index is 1.63. The van der Waals surface area contributed by atoms with Crippen molar-refractivity contribution >= 4 is 23.6 Å². The third kappa shape index (κ3) is 3.73. The molecule has 2 heterocycles. The SMILES string of the molecule is COc1ccc(C2SCC(=O)N2CC(=O)NCc2ccco2)cc1. The molecular formula is C17H18N2O4S. The Morgan fingerprint density at radius 2 is 2.17 bits per heavy atom. The van der Waals surface area contributed by atoms with Gasteiger partial charge in [0.25, 0.3) is 0 Å². The summed E-state index contributed by atoms with van der Waals surface area (Å²) in [7, 11) is 1.61. The van der Waals surface area contributed by atoms with E-state index in [1.807, 2.05) is 24.3 Å². The normalized spacial score (nSPS) is 17.1. The molecule has 1 aromatic heterocycles. The maximum absolute atomic E-state index is 12.1. The molecule has 0 bridgehead atoms. The average Bonchev–Trinajstić information content (AvgIpc) is 3.24. The lowest BCUT2D eigenvalue weighted by Crippen LogP contribution is -2.39. The summed E-state index contributed by atoms with van der Waals surface area (Å²) < 4.78 is 10.3. The molecule has 1 aromatic carbocycles. The first-order valence-corrected chi connectivity index (χ1v) is 8.56. The van der Waals surface area contributed by atoms with E-state index in [9.17, 15) is 9.59 Å². The number of carbonyl (C=O) groups excluding carboxylic acids is 2. The number of furan rings is 1. The predicted molar refractivity (Wildman–Crippen MR) is 90.5 cm³/mol. The second-order valence-electron chi connectivity index (χ2n) is 5.31. The molecule has 7 heteroatoms. The maximum Gasteiger partial charge on any atom is 0.240 e. The Labute approximate surface area is 144 Å². The molecular weight excluding hydrogens is 328 g/mol. The highest BCUT2D eigenvalue weighted by molar-refractivity contribution is 8.00. The van der Waals surface area contributed by atoms with Gasteiger partial charge in [0.2, 0.25) is 11.8 Å². The molecule has 126 valence electrons. The highest BCUT2D eigenvalue weighted by Gasteiger charge is 2.34. The number of ether oxygens (including phenoxy) is 1. The van der Waals surface area contributed by atoms with Gasteiger partial charge in [-0.05, 0) is 29.8 Å². The lowest BCUT2D eigenvalue weighted by molar-refractivity contribution is -0.133. The van der Waals surface area contributed by atoms with Crippen LogP contribution in [0.2, 0.25) is 0 Å². The Morgan fingerprint density at radius 1 is 1.38 bits per heavy atom. The van der Waals surface area contributed by atoms with E-state index in [4.69, 9.17) is 9.15 Å². The lowest BCUT2D eigenvalue weighted by atomic mass is 10.2. The van der Waals surface area contributed by atoms with Gasteiger partial charge in [0.1, 0.15) is 23.4 Å². The van der Waals surface area contributed by atoms with Crippen LogP contribution in [0.15, 0.2) is 47.1 Å². The Bertz CT molecular complexity index is 700. The lowest BCUT2D eigenvalue weighted by Gasteiger charge is -2.23. The molecule has 0 saturated carbocycles. The summed E-state index contributed by atoms with van der Waals surface area (Å²) in [4.78, 5) is 25.9. The van der Waals surface area contributed by atoms with Crippen LogP contribution < -0.4 is 10.1 Å². The average molecular weight is 346 g/mol. The summed E-state index contributed by atoms with van der Waals surface area (Å²) in [5, 5.41) is 2.61. The van der Waals surface area contributed by atoms with Crippen molar-refractivity contribution in [1.29, 1.82) is 0 Å². The van der Waals surface area contributed by atoms with Gasteiger partial charge in [0, 0.05) is 0 Å². The largest absolute Gasteiger partial charge is 0.497 e. The van der Waals surface area contributed by atoms with E-state index >= 15 is 0 Å². The molecule has 1 fully saturated rings. The van der Waals surface area contributed by atoms with Gasteiger partial charge in [-0.1, -0.05) is 12.1 Å². The van der Waals surface area contributed by atoms with Gasteiger partial charge in [-0.25, -0.2) is 0 Å². The van der Waals surface area contributed by atoms with Crippen molar-refractivity contribution in [2.45, 2.75) is 11.9 Å². The molecule has 0 radical (unpaired) electrons. The fourth-order valence-electron chi connectivity index (χ4n) is 2.48. The van der Waals surface area contributed by atoms with Crippen LogP contribution in [0.25, 0.3) is 0 Å². The summed E-state index contributed by atoms with van der Waals surface area (Å²) in [5.74, 6) is 1.57. The van der Waals surface area contributed by atoms with Crippen LogP contribution in [0.5, 0.6) is 5.75 Å². The van der Waals surface area contributed by atoms with E-state index in [0.717, 1.165) is 11.3 Å². The van der Waals surface area contributed by atoms with E-state index in [0.29, 0.717) is 18.1 Å². The number of benzene rings is 1. The van der Waals surface area contributed by atoms with E-state index in [-0.39, 0.29) is 23.7 Å². The van der Waals surface area contributed by atoms with Crippen LogP contribution in [0.4, 0.5) is 0 Å². The fourth-order valence-corrected chi connectivity index (χ4v) is 3.67. The first-order chi connectivity index (χ1) is 11.7. The third-order valence-corrected chi connectivity index (χ3v) is 4.98. The summed E-state index contributed by atoms with van der Waals surface area (Å²) in [5.41, 5.74) is 0.977. The van der Waals surface area contributed by atoms with Gasteiger partial charge < -0.3 is 19.4 Å². The van der Waals surface area contributed by atoms with Crippen molar-refractivity contribution in [2.24, 2.45) is 0 Å². The minimum atomic E-state index is -0.208. The van der Waals surface area contributed by atoms with Crippen molar-refractivity contribution in [3.8, 4) is 5.75 Å². The number of hydrogen-bond donors (Lipinski definition) is 1. The van der Waals surface area contributed by atoms with E-state index < -0.39 is 0 Å². The zero-order valence-corrected chi connectivity index (χ0v) is 14.0. The van der Waals surface area contributed by atoms with Gasteiger partial charge >= 0.3 is 0 Å². The minimum absolute atomic E-state index is 0.0310. The highest BCUT2D eigenvalue weighted by Crippen LogP contribution is 2.38. The zero-order valence-electron chi connectivity index (χ0n) is 13.2. The van der Waals surface area contributed by atoms with Crippen LogP contribution in [0.1, 0.15) is 16.7 Å². The molecule has 24 heavy (non-hydrogen) atoms. The van der Waals surface area contributed by atoms with Crippen molar-refractivity contribution in [3.63, 3.8) is 0 Å². The van der Waals surface area contributed by atoms with Crippen molar-refractivity contribution < 1.29 is 18.7 Å². The first-order valence-electron chi connectivity index (χ1n) is 7.51. The molecule has 0 spiro atoms. The predicted octanol–water partition coefficient (Wildman–Crippen LogP) is 2.18. The summed E-state index contributed by atoms with van der Waals surface area (Å²) in [6, 6.07) is 11.1. The molecule has 2 amide bonds. The van der Waals surface area contributed by atoms with Crippen molar-refractivity contribution in [1.82, 2.24) is 10.2 Å². The zero-order chi connectivity index (χ0) is 16.9. The quantitative estimate of drug-likeness (QED) is 0.868. The summed E-state index contributed by atoms with van der Waals surface area (Å²) in [6.45, 7) is 0.345. The van der Waals surface area contributed by atoms with Crippen LogP contribution >= 0.6 is 11.8 Å².